The molecule has 1 heterocycles. The van der Waals surface area contributed by atoms with E-state index in [2.05, 4.69) is 16.6 Å². The Balaban J connectivity index is 2.18. The highest BCUT2D eigenvalue weighted by Gasteiger charge is 2.22. The van der Waals surface area contributed by atoms with Crippen molar-refractivity contribution in [2.24, 2.45) is 0 Å². The van der Waals surface area contributed by atoms with E-state index in [0.717, 1.165) is 6.07 Å². The molecular weight excluding hydrogens is 297 g/mol. The van der Waals surface area contributed by atoms with Crippen LogP contribution in [0.5, 0.6) is 0 Å². The molecule has 2 N–H and O–H groups in total. The number of nitrogens with one attached hydrogen (secondary N) is 1. The predicted octanol–water partition coefficient (Wildman–Crippen LogP) is 0.627. The molecule has 5 nitrogen and oxygen atoms in total. The Hall–Kier alpha value is -1.46. The van der Waals surface area contributed by atoms with Gasteiger partial charge in [0.25, 0.3) is 0 Å². The third kappa shape index (κ3) is 4.25. The van der Waals surface area contributed by atoms with Crippen LogP contribution in [0.25, 0.3) is 0 Å². The summed E-state index contributed by atoms with van der Waals surface area (Å²) in [6, 6.07) is 3.33. The van der Waals surface area contributed by atoms with Crippen LogP contribution in [0, 0.1) is 17.7 Å². The van der Waals surface area contributed by atoms with Gasteiger partial charge in [0.1, 0.15) is 12.4 Å². The van der Waals surface area contributed by atoms with Gasteiger partial charge in [-0.2, -0.15) is 0 Å². The molecule has 0 radical (unpaired) electrons. The van der Waals surface area contributed by atoms with Crippen molar-refractivity contribution in [3.63, 3.8) is 0 Å². The largest absolute Gasteiger partial charge is 0.384 e. The minimum Gasteiger partial charge on any atom is -0.384 e. The third-order valence-electron chi connectivity index (χ3n) is 3.10. The summed E-state index contributed by atoms with van der Waals surface area (Å²) in [7, 11) is -3.76. The number of benzene rings is 1. The number of ether oxygens (including phenoxy) is 1. The summed E-state index contributed by atoms with van der Waals surface area (Å²) in [5.74, 6) is 4.00. The Kier molecular flexibility index (Phi) is 5.31. The van der Waals surface area contributed by atoms with E-state index in [4.69, 9.17) is 9.84 Å². The molecular formula is C14H16FNO4S. The maximum Gasteiger partial charge on any atom is 0.240 e. The van der Waals surface area contributed by atoms with Crippen LogP contribution in [-0.4, -0.2) is 39.4 Å². The lowest BCUT2D eigenvalue weighted by Crippen LogP contribution is -2.38. The molecule has 1 aliphatic rings. The molecule has 0 aromatic heterocycles. The molecule has 1 fully saturated rings. The number of aliphatic hydroxyl groups excluding tert-OH is 1. The van der Waals surface area contributed by atoms with Crippen molar-refractivity contribution in [3.8, 4) is 11.8 Å². The third-order valence-corrected chi connectivity index (χ3v) is 4.61. The molecule has 1 aromatic rings. The first-order chi connectivity index (χ1) is 10.0. The van der Waals surface area contributed by atoms with E-state index < -0.39 is 15.8 Å². The summed E-state index contributed by atoms with van der Waals surface area (Å²) in [6.07, 6.45) is 1.20. The van der Waals surface area contributed by atoms with E-state index in [-0.39, 0.29) is 23.1 Å². The molecule has 1 aromatic carbocycles. The SMILES string of the molecule is O=S(=O)(NC1CCOCC1)c1ccc(C#CCO)c(F)c1. The van der Waals surface area contributed by atoms with Crippen molar-refractivity contribution in [2.45, 2.75) is 23.8 Å². The van der Waals surface area contributed by atoms with Gasteiger partial charge >= 0.3 is 0 Å². The Morgan fingerprint density at radius 2 is 2.10 bits per heavy atom. The fraction of sp³-hybridized carbons (Fsp3) is 0.429. The molecule has 0 amide bonds. The van der Waals surface area contributed by atoms with Gasteiger partial charge < -0.3 is 9.84 Å². The van der Waals surface area contributed by atoms with Gasteiger partial charge in [0, 0.05) is 19.3 Å². The highest BCUT2D eigenvalue weighted by Crippen LogP contribution is 2.16. The minimum atomic E-state index is -3.76. The molecule has 0 bridgehead atoms. The molecule has 0 atom stereocenters. The Morgan fingerprint density at radius 3 is 2.71 bits per heavy atom. The monoisotopic (exact) mass is 313 g/mol. The number of rotatable bonds is 3. The number of halogens is 1. The molecule has 114 valence electrons. The zero-order valence-corrected chi connectivity index (χ0v) is 12.1. The van der Waals surface area contributed by atoms with Crippen LogP contribution in [0.4, 0.5) is 4.39 Å². The normalized spacial score (nSPS) is 16.3. The molecule has 0 unspecified atom stereocenters. The lowest BCUT2D eigenvalue weighted by Gasteiger charge is -2.22. The standard InChI is InChI=1S/C14H16FNO4S/c15-14-10-13(4-3-11(14)2-1-7-17)21(18,19)16-12-5-8-20-9-6-12/h3-4,10,12,16-17H,5-9H2. The molecule has 1 saturated heterocycles. The van der Waals surface area contributed by atoms with E-state index in [9.17, 15) is 12.8 Å². The van der Waals surface area contributed by atoms with Crippen molar-refractivity contribution >= 4 is 10.0 Å². The van der Waals surface area contributed by atoms with Gasteiger partial charge in [0.15, 0.2) is 0 Å². The Bertz CT molecular complexity index is 657. The van der Waals surface area contributed by atoms with Crippen LogP contribution < -0.4 is 4.72 Å². The Morgan fingerprint density at radius 1 is 1.38 bits per heavy atom. The number of sulfonamides is 1. The second-order valence-electron chi connectivity index (χ2n) is 4.61. The van der Waals surface area contributed by atoms with Crippen LogP contribution in [0.3, 0.4) is 0 Å². The van der Waals surface area contributed by atoms with E-state index >= 15 is 0 Å². The summed E-state index contributed by atoms with van der Waals surface area (Å²) in [6.45, 7) is 0.638. The molecule has 1 aliphatic heterocycles. The van der Waals surface area contributed by atoms with Crippen molar-refractivity contribution in [2.75, 3.05) is 19.8 Å². The van der Waals surface area contributed by atoms with Gasteiger partial charge in [-0.05, 0) is 31.0 Å². The van der Waals surface area contributed by atoms with Gasteiger partial charge in [-0.3, -0.25) is 0 Å². The summed E-state index contributed by atoms with van der Waals surface area (Å²) < 4.78 is 45.9. The van der Waals surface area contributed by atoms with E-state index in [1.54, 1.807) is 0 Å². The first-order valence-electron chi connectivity index (χ1n) is 6.52. The van der Waals surface area contributed by atoms with Gasteiger partial charge in [-0.1, -0.05) is 11.8 Å². The molecule has 21 heavy (non-hydrogen) atoms. The van der Waals surface area contributed by atoms with Crippen molar-refractivity contribution < 1.29 is 22.7 Å². The lowest BCUT2D eigenvalue weighted by molar-refractivity contribution is 0.0832. The quantitative estimate of drug-likeness (QED) is 0.803. The number of hydrogen-bond donors (Lipinski definition) is 2. The number of hydrogen-bond acceptors (Lipinski definition) is 4. The summed E-state index contributed by atoms with van der Waals surface area (Å²) in [5.41, 5.74) is 0.0501. The topological polar surface area (TPSA) is 75.6 Å². The van der Waals surface area contributed by atoms with Gasteiger partial charge in [-0.15, -0.1) is 0 Å². The molecule has 0 aliphatic carbocycles. The summed E-state index contributed by atoms with van der Waals surface area (Å²) in [5, 5.41) is 8.57. The van der Waals surface area contributed by atoms with E-state index in [1.807, 2.05) is 0 Å². The Labute approximate surface area is 123 Å². The van der Waals surface area contributed by atoms with Crippen LogP contribution >= 0.6 is 0 Å². The lowest BCUT2D eigenvalue weighted by atomic mass is 10.1. The van der Waals surface area contributed by atoms with E-state index in [0.29, 0.717) is 26.1 Å². The van der Waals surface area contributed by atoms with Crippen LogP contribution in [-0.2, 0) is 14.8 Å². The average molecular weight is 313 g/mol. The fourth-order valence-corrected chi connectivity index (χ4v) is 3.32. The maximum absolute atomic E-state index is 13.8. The van der Waals surface area contributed by atoms with Crippen molar-refractivity contribution in [3.05, 3.63) is 29.6 Å². The zero-order chi connectivity index (χ0) is 15.3. The highest BCUT2D eigenvalue weighted by molar-refractivity contribution is 7.89. The highest BCUT2D eigenvalue weighted by atomic mass is 32.2. The van der Waals surface area contributed by atoms with Crippen LogP contribution in [0.15, 0.2) is 23.1 Å². The fourth-order valence-electron chi connectivity index (χ4n) is 2.00. The molecule has 0 saturated carbocycles. The maximum atomic E-state index is 13.8. The van der Waals surface area contributed by atoms with Gasteiger partial charge in [-0.25, -0.2) is 17.5 Å². The second-order valence-corrected chi connectivity index (χ2v) is 6.32. The molecule has 2 rings (SSSR count). The zero-order valence-electron chi connectivity index (χ0n) is 11.3. The summed E-state index contributed by atoms with van der Waals surface area (Å²) >= 11 is 0. The van der Waals surface area contributed by atoms with Crippen molar-refractivity contribution in [1.29, 1.82) is 0 Å². The predicted molar refractivity (Wildman–Crippen MR) is 74.5 cm³/mol. The van der Waals surface area contributed by atoms with Crippen LogP contribution in [0.1, 0.15) is 18.4 Å². The first kappa shape index (κ1) is 15.9. The second kappa shape index (κ2) is 7.00. The average Bonchev–Trinajstić information content (AvgIpc) is 2.46. The molecule has 7 heteroatoms. The van der Waals surface area contributed by atoms with Crippen molar-refractivity contribution in [1.82, 2.24) is 4.72 Å². The van der Waals surface area contributed by atoms with E-state index in [1.165, 1.54) is 12.1 Å². The minimum absolute atomic E-state index is 0.0501. The van der Waals surface area contributed by atoms with Gasteiger partial charge in [0.2, 0.25) is 10.0 Å². The number of aliphatic hydroxyl groups is 1. The smallest absolute Gasteiger partial charge is 0.240 e. The first-order valence-corrected chi connectivity index (χ1v) is 8.00. The van der Waals surface area contributed by atoms with Crippen LogP contribution in [0.2, 0.25) is 0 Å². The van der Waals surface area contributed by atoms with Gasteiger partial charge in [0.05, 0.1) is 10.5 Å². The summed E-state index contributed by atoms with van der Waals surface area (Å²) in [4.78, 5) is -0.138. The molecule has 0 spiro atoms.